The number of nitrogens with one attached hydrogen (secondary N) is 1. The van der Waals surface area contributed by atoms with Gasteiger partial charge in [-0.3, -0.25) is 4.79 Å². The van der Waals surface area contributed by atoms with Crippen molar-refractivity contribution < 1.29 is 4.79 Å². The zero-order chi connectivity index (χ0) is 13.2. The first-order valence-corrected chi connectivity index (χ1v) is 7.16. The highest BCUT2D eigenvalue weighted by Gasteiger charge is 2.13. The number of fused-ring (bicyclic) bond motifs is 1. The molecule has 2 aromatic carbocycles. The number of carbonyl (C=O) groups is 1. The molecule has 0 bridgehead atoms. The van der Waals surface area contributed by atoms with E-state index >= 15 is 0 Å². The summed E-state index contributed by atoms with van der Waals surface area (Å²) in [5.74, 6) is 0.178. The molecule has 0 unspecified atom stereocenters. The topological polar surface area (TPSA) is 29.1 Å². The molecule has 0 aliphatic carbocycles. The van der Waals surface area contributed by atoms with Gasteiger partial charge in [0.05, 0.1) is 0 Å². The standard InChI is InChI=1S/C16H14BrNO/c17-14-4-1-11(2-5-14)9-16(19)13-3-6-15-12(10-13)7-8-18-15/h1-6,10,18H,7-9H2. The van der Waals surface area contributed by atoms with E-state index in [1.165, 1.54) is 11.3 Å². The maximum atomic E-state index is 12.3. The van der Waals surface area contributed by atoms with Gasteiger partial charge in [-0.05, 0) is 47.9 Å². The first kappa shape index (κ1) is 12.4. The lowest BCUT2D eigenvalue weighted by Crippen LogP contribution is -2.03. The summed E-state index contributed by atoms with van der Waals surface area (Å²) in [4.78, 5) is 12.3. The van der Waals surface area contributed by atoms with Gasteiger partial charge in [0.2, 0.25) is 0 Å². The van der Waals surface area contributed by atoms with Gasteiger partial charge in [0, 0.05) is 28.7 Å². The summed E-state index contributed by atoms with van der Waals surface area (Å²) in [5, 5.41) is 3.31. The quantitative estimate of drug-likeness (QED) is 0.872. The van der Waals surface area contributed by atoms with Crippen LogP contribution in [0.25, 0.3) is 0 Å². The van der Waals surface area contributed by atoms with Gasteiger partial charge in [0.1, 0.15) is 0 Å². The average Bonchev–Trinajstić information content (AvgIpc) is 2.88. The summed E-state index contributed by atoms with van der Waals surface area (Å²) in [6.45, 7) is 0.972. The number of hydrogen-bond acceptors (Lipinski definition) is 2. The summed E-state index contributed by atoms with van der Waals surface area (Å²) in [6, 6.07) is 13.9. The molecule has 0 amide bonds. The molecule has 3 rings (SSSR count). The van der Waals surface area contributed by atoms with Crippen LogP contribution in [0.15, 0.2) is 46.9 Å². The third-order valence-electron chi connectivity index (χ3n) is 3.41. The normalized spacial score (nSPS) is 12.9. The van der Waals surface area contributed by atoms with Gasteiger partial charge in [-0.1, -0.05) is 28.1 Å². The van der Waals surface area contributed by atoms with Crippen LogP contribution >= 0.6 is 15.9 Å². The van der Waals surface area contributed by atoms with Gasteiger partial charge in [0.25, 0.3) is 0 Å². The molecule has 96 valence electrons. The summed E-state index contributed by atoms with van der Waals surface area (Å²) >= 11 is 3.40. The predicted molar refractivity (Wildman–Crippen MR) is 80.8 cm³/mol. The Morgan fingerprint density at radius 1 is 1.16 bits per heavy atom. The maximum absolute atomic E-state index is 12.3. The average molecular weight is 316 g/mol. The predicted octanol–water partition coefficient (Wildman–Crippen LogP) is 3.84. The van der Waals surface area contributed by atoms with E-state index in [2.05, 4.69) is 21.2 Å². The number of carbonyl (C=O) groups excluding carboxylic acids is 1. The Balaban J connectivity index is 1.78. The molecule has 0 spiro atoms. The Morgan fingerprint density at radius 3 is 2.74 bits per heavy atom. The minimum Gasteiger partial charge on any atom is -0.384 e. The molecule has 2 nitrogen and oxygen atoms in total. The van der Waals surface area contributed by atoms with Crippen LogP contribution in [0.1, 0.15) is 21.5 Å². The fraction of sp³-hybridized carbons (Fsp3) is 0.188. The lowest BCUT2D eigenvalue weighted by Gasteiger charge is -2.05. The fourth-order valence-corrected chi connectivity index (χ4v) is 2.63. The molecule has 0 saturated heterocycles. The Morgan fingerprint density at radius 2 is 1.95 bits per heavy atom. The van der Waals surface area contributed by atoms with Crippen LogP contribution in [-0.2, 0) is 12.8 Å². The van der Waals surface area contributed by atoms with Crippen LogP contribution in [0.3, 0.4) is 0 Å². The van der Waals surface area contributed by atoms with E-state index < -0.39 is 0 Å². The minimum atomic E-state index is 0.178. The van der Waals surface area contributed by atoms with E-state index in [-0.39, 0.29) is 5.78 Å². The number of rotatable bonds is 3. The first-order valence-electron chi connectivity index (χ1n) is 6.37. The molecule has 0 atom stereocenters. The van der Waals surface area contributed by atoms with Crippen molar-refractivity contribution in [2.45, 2.75) is 12.8 Å². The lowest BCUT2D eigenvalue weighted by atomic mass is 10.0. The zero-order valence-electron chi connectivity index (χ0n) is 10.4. The molecule has 19 heavy (non-hydrogen) atoms. The van der Waals surface area contributed by atoms with Gasteiger partial charge in [0.15, 0.2) is 5.78 Å². The summed E-state index contributed by atoms with van der Waals surface area (Å²) in [7, 11) is 0. The molecule has 1 aliphatic rings. The summed E-state index contributed by atoms with van der Waals surface area (Å²) < 4.78 is 1.03. The van der Waals surface area contributed by atoms with Crippen molar-refractivity contribution in [3.05, 3.63) is 63.6 Å². The summed E-state index contributed by atoms with van der Waals surface area (Å²) in [6.07, 6.45) is 1.47. The highest BCUT2D eigenvalue weighted by molar-refractivity contribution is 9.10. The van der Waals surface area contributed by atoms with Crippen LogP contribution in [0.2, 0.25) is 0 Å². The number of ketones is 1. The molecule has 0 fully saturated rings. The van der Waals surface area contributed by atoms with E-state index in [1.54, 1.807) is 0 Å². The van der Waals surface area contributed by atoms with E-state index in [1.807, 2.05) is 42.5 Å². The smallest absolute Gasteiger partial charge is 0.167 e. The molecule has 0 aromatic heterocycles. The largest absolute Gasteiger partial charge is 0.384 e. The molecule has 2 aromatic rings. The van der Waals surface area contributed by atoms with Gasteiger partial charge in [-0.2, -0.15) is 0 Å². The van der Waals surface area contributed by atoms with Crippen molar-refractivity contribution in [2.75, 3.05) is 11.9 Å². The van der Waals surface area contributed by atoms with Crippen molar-refractivity contribution in [1.29, 1.82) is 0 Å². The first-order chi connectivity index (χ1) is 9.22. The Hall–Kier alpha value is -1.61. The lowest BCUT2D eigenvalue weighted by molar-refractivity contribution is 0.0993. The van der Waals surface area contributed by atoms with Crippen LogP contribution in [0.4, 0.5) is 5.69 Å². The SMILES string of the molecule is O=C(Cc1ccc(Br)cc1)c1ccc2c(c1)CCN2. The Labute approximate surface area is 121 Å². The highest BCUT2D eigenvalue weighted by Crippen LogP contribution is 2.23. The van der Waals surface area contributed by atoms with E-state index in [0.717, 1.165) is 28.6 Å². The third-order valence-corrected chi connectivity index (χ3v) is 3.94. The number of hydrogen-bond donors (Lipinski definition) is 1. The molecular formula is C16H14BrNO. The van der Waals surface area contributed by atoms with Crippen molar-refractivity contribution in [3.63, 3.8) is 0 Å². The number of halogens is 1. The molecule has 1 heterocycles. The van der Waals surface area contributed by atoms with Crippen LogP contribution in [0.5, 0.6) is 0 Å². The van der Waals surface area contributed by atoms with Gasteiger partial charge >= 0.3 is 0 Å². The van der Waals surface area contributed by atoms with E-state index in [4.69, 9.17) is 0 Å². The van der Waals surface area contributed by atoms with Crippen molar-refractivity contribution >= 4 is 27.4 Å². The second-order valence-corrected chi connectivity index (χ2v) is 5.69. The molecule has 1 N–H and O–H groups in total. The van der Waals surface area contributed by atoms with E-state index in [9.17, 15) is 4.79 Å². The second kappa shape index (κ2) is 5.17. The van der Waals surface area contributed by atoms with Crippen molar-refractivity contribution in [1.82, 2.24) is 0 Å². The van der Waals surface area contributed by atoms with Crippen LogP contribution in [-0.4, -0.2) is 12.3 Å². The van der Waals surface area contributed by atoms with Crippen LogP contribution < -0.4 is 5.32 Å². The van der Waals surface area contributed by atoms with Gasteiger partial charge in [-0.25, -0.2) is 0 Å². The number of benzene rings is 2. The molecule has 3 heteroatoms. The molecular weight excluding hydrogens is 302 g/mol. The fourth-order valence-electron chi connectivity index (χ4n) is 2.37. The maximum Gasteiger partial charge on any atom is 0.167 e. The monoisotopic (exact) mass is 315 g/mol. The summed E-state index contributed by atoms with van der Waals surface area (Å²) in [5.41, 5.74) is 4.28. The third kappa shape index (κ3) is 2.71. The number of Topliss-reactive ketones (excluding diaryl/α,β-unsaturated/α-hetero) is 1. The molecule has 0 saturated carbocycles. The Kier molecular flexibility index (Phi) is 3.38. The minimum absolute atomic E-state index is 0.178. The van der Waals surface area contributed by atoms with Gasteiger partial charge in [-0.15, -0.1) is 0 Å². The van der Waals surface area contributed by atoms with Gasteiger partial charge < -0.3 is 5.32 Å². The number of anilines is 1. The van der Waals surface area contributed by atoms with E-state index in [0.29, 0.717) is 6.42 Å². The molecule has 0 radical (unpaired) electrons. The second-order valence-electron chi connectivity index (χ2n) is 4.78. The molecule has 1 aliphatic heterocycles. The van der Waals surface area contributed by atoms with Crippen LogP contribution in [0, 0.1) is 0 Å². The zero-order valence-corrected chi connectivity index (χ0v) is 12.0. The highest BCUT2D eigenvalue weighted by atomic mass is 79.9. The van der Waals surface area contributed by atoms with Crippen molar-refractivity contribution in [2.24, 2.45) is 0 Å². The Bertz CT molecular complexity index is 619. The van der Waals surface area contributed by atoms with Crippen molar-refractivity contribution in [3.8, 4) is 0 Å².